The first-order valence-corrected chi connectivity index (χ1v) is 28.9. The summed E-state index contributed by atoms with van der Waals surface area (Å²) in [5.74, 6) is 0.00865. The molecule has 0 aliphatic heterocycles. The molecule has 0 saturated heterocycles. The van der Waals surface area contributed by atoms with E-state index in [9.17, 15) is 14.4 Å². The second-order valence-electron chi connectivity index (χ2n) is 20.4. The van der Waals surface area contributed by atoms with E-state index in [0.29, 0.717) is 19.3 Å². The van der Waals surface area contributed by atoms with Crippen molar-refractivity contribution in [2.45, 2.75) is 336 Å². The van der Waals surface area contributed by atoms with Gasteiger partial charge in [0.05, 0.1) is 0 Å². The highest BCUT2D eigenvalue weighted by Gasteiger charge is 2.19. The summed E-state index contributed by atoms with van der Waals surface area (Å²) in [7, 11) is 0. The topological polar surface area (TPSA) is 78.9 Å². The van der Waals surface area contributed by atoms with E-state index in [1.807, 2.05) is 0 Å². The van der Waals surface area contributed by atoms with Crippen LogP contribution in [0.2, 0.25) is 0 Å². The van der Waals surface area contributed by atoms with Crippen LogP contribution in [0.5, 0.6) is 0 Å². The van der Waals surface area contributed by atoms with Crippen molar-refractivity contribution in [3.63, 3.8) is 0 Å². The van der Waals surface area contributed by atoms with Gasteiger partial charge in [0.2, 0.25) is 0 Å². The highest BCUT2D eigenvalue weighted by atomic mass is 16.6. The molecule has 0 bridgehead atoms. The monoisotopic (exact) mass is 905 g/mol. The zero-order valence-electron chi connectivity index (χ0n) is 43.8. The number of ether oxygens (including phenoxy) is 3. The van der Waals surface area contributed by atoms with Crippen LogP contribution in [0.1, 0.15) is 329 Å². The van der Waals surface area contributed by atoms with E-state index in [2.05, 4.69) is 27.7 Å². The van der Waals surface area contributed by atoms with Crippen molar-refractivity contribution in [3.8, 4) is 0 Å². The number of hydrogen-bond acceptors (Lipinski definition) is 6. The van der Waals surface area contributed by atoms with E-state index in [0.717, 1.165) is 63.7 Å². The minimum Gasteiger partial charge on any atom is -0.462 e. The third-order valence-corrected chi connectivity index (χ3v) is 13.3. The number of unbranched alkanes of at least 4 members (excludes halogenated alkanes) is 40. The van der Waals surface area contributed by atoms with E-state index in [1.165, 1.54) is 225 Å². The van der Waals surface area contributed by atoms with Gasteiger partial charge in [-0.1, -0.05) is 291 Å². The van der Waals surface area contributed by atoms with Crippen molar-refractivity contribution in [3.05, 3.63) is 0 Å². The molecule has 0 fully saturated rings. The Balaban J connectivity index is 4.20. The molecular weight excluding hydrogens is 793 g/mol. The van der Waals surface area contributed by atoms with Gasteiger partial charge >= 0.3 is 17.9 Å². The molecule has 0 amide bonds. The predicted octanol–water partition coefficient (Wildman–Crippen LogP) is 19.0. The number of rotatable bonds is 53. The van der Waals surface area contributed by atoms with Gasteiger partial charge in [-0.3, -0.25) is 14.4 Å². The van der Waals surface area contributed by atoms with Gasteiger partial charge in [-0.2, -0.15) is 0 Å². The van der Waals surface area contributed by atoms with E-state index in [4.69, 9.17) is 14.2 Å². The van der Waals surface area contributed by atoms with Crippen LogP contribution in [0.3, 0.4) is 0 Å². The van der Waals surface area contributed by atoms with Crippen molar-refractivity contribution in [2.75, 3.05) is 13.2 Å². The molecule has 1 atom stereocenters. The van der Waals surface area contributed by atoms with E-state index in [1.54, 1.807) is 0 Å². The molecular formula is C58H112O6. The maximum Gasteiger partial charge on any atom is 0.306 e. The summed E-state index contributed by atoms with van der Waals surface area (Å²) in [5.41, 5.74) is 0. The van der Waals surface area contributed by atoms with Gasteiger partial charge in [-0.15, -0.1) is 0 Å². The molecule has 0 unspecified atom stereocenters. The fraction of sp³-hybridized carbons (Fsp3) is 0.948. The Kier molecular flexibility index (Phi) is 51.1. The van der Waals surface area contributed by atoms with Crippen LogP contribution < -0.4 is 0 Å². The molecule has 0 N–H and O–H groups in total. The lowest BCUT2D eigenvalue weighted by Gasteiger charge is -2.18. The third kappa shape index (κ3) is 51.4. The molecule has 0 radical (unpaired) electrons. The van der Waals surface area contributed by atoms with Gasteiger partial charge in [0, 0.05) is 19.3 Å². The van der Waals surface area contributed by atoms with Crippen molar-refractivity contribution in [1.29, 1.82) is 0 Å². The van der Waals surface area contributed by atoms with Gasteiger partial charge in [0.25, 0.3) is 0 Å². The molecule has 0 aromatic heterocycles. The Morgan fingerprint density at radius 1 is 0.297 bits per heavy atom. The van der Waals surface area contributed by atoms with Gasteiger partial charge in [0.15, 0.2) is 6.10 Å². The van der Waals surface area contributed by atoms with Crippen molar-refractivity contribution >= 4 is 17.9 Å². The summed E-state index contributed by atoms with van der Waals surface area (Å²) in [6, 6.07) is 0. The predicted molar refractivity (Wildman–Crippen MR) is 275 cm³/mol. The van der Waals surface area contributed by atoms with Gasteiger partial charge in [-0.25, -0.2) is 0 Å². The molecule has 6 nitrogen and oxygen atoms in total. The second kappa shape index (κ2) is 52.4. The third-order valence-electron chi connectivity index (χ3n) is 13.3. The highest BCUT2D eigenvalue weighted by Crippen LogP contribution is 2.18. The second-order valence-corrected chi connectivity index (χ2v) is 20.4. The lowest BCUT2D eigenvalue weighted by atomic mass is 10.0. The lowest BCUT2D eigenvalue weighted by molar-refractivity contribution is -0.167. The van der Waals surface area contributed by atoms with Crippen LogP contribution in [-0.2, 0) is 28.6 Å². The van der Waals surface area contributed by atoms with Crippen LogP contribution in [0.25, 0.3) is 0 Å². The fourth-order valence-electron chi connectivity index (χ4n) is 8.92. The van der Waals surface area contributed by atoms with Crippen molar-refractivity contribution in [2.24, 2.45) is 5.92 Å². The van der Waals surface area contributed by atoms with Crippen molar-refractivity contribution < 1.29 is 28.6 Å². The summed E-state index contributed by atoms with van der Waals surface area (Å²) in [5, 5.41) is 0. The molecule has 0 rings (SSSR count). The summed E-state index contributed by atoms with van der Waals surface area (Å²) in [6.45, 7) is 9.05. The number of carbonyl (C=O) groups excluding carboxylic acids is 3. The van der Waals surface area contributed by atoms with Gasteiger partial charge < -0.3 is 14.2 Å². The average molecular weight is 906 g/mol. The minimum absolute atomic E-state index is 0.0621. The van der Waals surface area contributed by atoms with Crippen LogP contribution in [0.15, 0.2) is 0 Å². The van der Waals surface area contributed by atoms with Gasteiger partial charge in [-0.05, 0) is 25.2 Å². The van der Waals surface area contributed by atoms with E-state index >= 15 is 0 Å². The molecule has 6 heteroatoms. The fourth-order valence-corrected chi connectivity index (χ4v) is 8.92. The number of carbonyl (C=O) groups is 3. The Morgan fingerprint density at radius 2 is 0.516 bits per heavy atom. The molecule has 0 aliphatic carbocycles. The molecule has 0 aromatic rings. The average Bonchev–Trinajstić information content (AvgIpc) is 3.28. The standard InChI is InChI=1S/C58H112O6/c1-5-7-9-11-13-15-16-17-18-19-20-21-24-27-30-34-38-42-46-50-57(60)63-53-55(52-62-56(59)49-45-41-37-32-14-12-10-8-6-2)64-58(61)51-47-43-39-35-31-28-25-22-23-26-29-33-36-40-44-48-54(3)4/h54-55H,5-53H2,1-4H3/t55-/m0/s1. The van der Waals surface area contributed by atoms with Crippen LogP contribution in [0.4, 0.5) is 0 Å². The summed E-state index contributed by atoms with van der Waals surface area (Å²) in [4.78, 5) is 38.0. The van der Waals surface area contributed by atoms with Crippen molar-refractivity contribution in [1.82, 2.24) is 0 Å². The van der Waals surface area contributed by atoms with E-state index < -0.39 is 6.10 Å². The van der Waals surface area contributed by atoms with Crippen LogP contribution in [-0.4, -0.2) is 37.2 Å². The first kappa shape index (κ1) is 62.4. The Hall–Kier alpha value is -1.59. The van der Waals surface area contributed by atoms with Gasteiger partial charge in [0.1, 0.15) is 13.2 Å². The lowest BCUT2D eigenvalue weighted by Crippen LogP contribution is -2.30. The van der Waals surface area contributed by atoms with Crippen LogP contribution in [0, 0.1) is 5.92 Å². The van der Waals surface area contributed by atoms with Crippen LogP contribution >= 0.6 is 0 Å². The minimum atomic E-state index is -0.761. The normalized spacial score (nSPS) is 12.0. The maximum absolute atomic E-state index is 12.8. The largest absolute Gasteiger partial charge is 0.462 e. The quantitative estimate of drug-likeness (QED) is 0.0344. The SMILES string of the molecule is CCCCCCCCCCCCCCCCCCCCCC(=O)OC[C@H](COC(=O)CCCCCCCCCCC)OC(=O)CCCCCCCCCCCCCCCCCC(C)C. The molecule has 0 spiro atoms. The Labute approximate surface area is 399 Å². The smallest absolute Gasteiger partial charge is 0.306 e. The van der Waals surface area contributed by atoms with E-state index in [-0.39, 0.29) is 31.1 Å². The highest BCUT2D eigenvalue weighted by molar-refractivity contribution is 5.71. The molecule has 0 saturated carbocycles. The number of hydrogen-bond donors (Lipinski definition) is 0. The molecule has 64 heavy (non-hydrogen) atoms. The maximum atomic E-state index is 12.8. The summed E-state index contributed by atoms with van der Waals surface area (Å²) in [6.07, 6.45) is 56.7. The molecule has 0 aliphatic rings. The zero-order valence-corrected chi connectivity index (χ0v) is 43.8. The Bertz CT molecular complexity index is 964. The first-order valence-electron chi connectivity index (χ1n) is 28.9. The first-order chi connectivity index (χ1) is 31.4. The molecule has 0 aromatic carbocycles. The summed E-state index contributed by atoms with van der Waals surface area (Å²) < 4.78 is 16.8. The zero-order chi connectivity index (χ0) is 46.7. The molecule has 0 heterocycles. The Morgan fingerprint density at radius 3 is 0.766 bits per heavy atom. The summed E-state index contributed by atoms with van der Waals surface area (Å²) >= 11 is 0. The molecule has 380 valence electrons. The number of esters is 3.